The Balaban J connectivity index is 2.35. The van der Waals surface area contributed by atoms with Crippen LogP contribution < -0.4 is 0 Å². The van der Waals surface area contributed by atoms with Gasteiger partial charge in [-0.05, 0) is 35.4 Å². The summed E-state index contributed by atoms with van der Waals surface area (Å²) in [4.78, 5) is 0. The average Bonchev–Trinajstić information content (AvgIpc) is 2.37. The Labute approximate surface area is 104 Å². The number of nitrogens with zero attached hydrogens (tertiary/aromatic N) is 1. The van der Waals surface area contributed by atoms with Crippen molar-refractivity contribution in [1.29, 1.82) is 5.26 Å². The molecule has 0 bridgehead atoms. The van der Waals surface area contributed by atoms with Crippen LogP contribution in [0.1, 0.15) is 29.5 Å². The van der Waals surface area contributed by atoms with Gasteiger partial charge in [-0.2, -0.15) is 5.26 Å². The second kappa shape index (κ2) is 4.97. The lowest BCUT2D eigenvalue weighted by Gasteiger charge is -2.12. The molecule has 0 saturated heterocycles. The first-order valence-corrected chi connectivity index (χ1v) is 5.56. The number of nitriles is 1. The molecule has 0 amide bonds. The summed E-state index contributed by atoms with van der Waals surface area (Å²) in [5.41, 5.74) is 2.06. The monoisotopic (exact) mass is 243 g/mol. The lowest BCUT2D eigenvalue weighted by atomic mass is 9.92. The van der Waals surface area contributed by atoms with Gasteiger partial charge in [-0.1, -0.05) is 19.1 Å². The minimum absolute atomic E-state index is 0.122. The molecule has 1 unspecified atom stereocenters. The molecule has 2 aromatic carbocycles. The Morgan fingerprint density at radius 1 is 0.944 bits per heavy atom. The fourth-order valence-corrected chi connectivity index (χ4v) is 1.86. The van der Waals surface area contributed by atoms with Crippen LogP contribution in [0.2, 0.25) is 0 Å². The zero-order chi connectivity index (χ0) is 13.1. The van der Waals surface area contributed by atoms with Gasteiger partial charge in [0.1, 0.15) is 11.6 Å². The highest BCUT2D eigenvalue weighted by atomic mass is 19.1. The van der Waals surface area contributed by atoms with Gasteiger partial charge in [0.15, 0.2) is 0 Å². The molecule has 2 rings (SSSR count). The lowest BCUT2D eigenvalue weighted by Crippen LogP contribution is -1.98. The van der Waals surface area contributed by atoms with Gasteiger partial charge >= 0.3 is 0 Å². The van der Waals surface area contributed by atoms with E-state index in [0.717, 1.165) is 11.6 Å². The Kier molecular flexibility index (Phi) is 3.38. The highest BCUT2D eigenvalue weighted by molar-refractivity contribution is 5.37. The van der Waals surface area contributed by atoms with Gasteiger partial charge in [0, 0.05) is 12.0 Å². The summed E-state index contributed by atoms with van der Waals surface area (Å²) >= 11 is 0. The molecule has 0 radical (unpaired) electrons. The van der Waals surface area contributed by atoms with Crippen molar-refractivity contribution in [3.8, 4) is 6.07 Å². The summed E-state index contributed by atoms with van der Waals surface area (Å²) in [6, 6.07) is 12.5. The standard InChI is InChI=1S/C15H11F2N/c1-10(12-4-2-11(9-18)3-5-12)13-6-14(16)8-15(17)7-13/h2-8,10H,1H3. The molecule has 2 aromatic rings. The lowest BCUT2D eigenvalue weighted by molar-refractivity contribution is 0.578. The van der Waals surface area contributed by atoms with Crippen LogP contribution >= 0.6 is 0 Å². The largest absolute Gasteiger partial charge is 0.207 e. The fraction of sp³-hybridized carbons (Fsp3) is 0.133. The van der Waals surface area contributed by atoms with Crippen molar-refractivity contribution in [3.05, 3.63) is 70.8 Å². The number of rotatable bonds is 2. The van der Waals surface area contributed by atoms with Crippen molar-refractivity contribution >= 4 is 0 Å². The molecule has 0 aromatic heterocycles. The molecule has 1 nitrogen and oxygen atoms in total. The van der Waals surface area contributed by atoms with Crippen molar-refractivity contribution in [2.45, 2.75) is 12.8 Å². The van der Waals surface area contributed by atoms with E-state index in [9.17, 15) is 8.78 Å². The summed E-state index contributed by atoms with van der Waals surface area (Å²) in [5, 5.41) is 8.71. The minimum Gasteiger partial charge on any atom is -0.207 e. The van der Waals surface area contributed by atoms with E-state index in [1.165, 1.54) is 12.1 Å². The quantitative estimate of drug-likeness (QED) is 0.782. The molecule has 0 saturated carbocycles. The zero-order valence-corrected chi connectivity index (χ0v) is 9.82. The minimum atomic E-state index is -0.578. The van der Waals surface area contributed by atoms with Crippen molar-refractivity contribution in [1.82, 2.24) is 0 Å². The van der Waals surface area contributed by atoms with Crippen LogP contribution in [0.5, 0.6) is 0 Å². The molecule has 3 heteroatoms. The molecule has 0 aliphatic heterocycles. The summed E-state index contributed by atoms with van der Waals surface area (Å²) in [6.07, 6.45) is 0. The van der Waals surface area contributed by atoms with Crippen molar-refractivity contribution < 1.29 is 8.78 Å². The number of hydrogen-bond acceptors (Lipinski definition) is 1. The average molecular weight is 243 g/mol. The molecule has 90 valence electrons. The smallest absolute Gasteiger partial charge is 0.126 e. The third-order valence-electron chi connectivity index (χ3n) is 2.92. The third kappa shape index (κ3) is 2.54. The van der Waals surface area contributed by atoms with Gasteiger partial charge in [0.05, 0.1) is 11.6 Å². The molecule has 0 fully saturated rings. The van der Waals surface area contributed by atoms with Crippen molar-refractivity contribution in [2.75, 3.05) is 0 Å². The summed E-state index contributed by atoms with van der Waals surface area (Å²) < 4.78 is 26.3. The van der Waals surface area contributed by atoms with E-state index >= 15 is 0 Å². The predicted octanol–water partition coefficient (Wildman–Crippen LogP) is 3.99. The van der Waals surface area contributed by atoms with Gasteiger partial charge in [-0.3, -0.25) is 0 Å². The van der Waals surface area contributed by atoms with Crippen LogP contribution in [0.15, 0.2) is 42.5 Å². The summed E-state index contributed by atoms with van der Waals surface area (Å²) in [6.45, 7) is 1.87. The molecule has 0 aliphatic rings. The second-order valence-electron chi connectivity index (χ2n) is 4.16. The maximum atomic E-state index is 13.1. The van der Waals surface area contributed by atoms with E-state index in [-0.39, 0.29) is 5.92 Å². The van der Waals surface area contributed by atoms with E-state index in [1.54, 1.807) is 24.3 Å². The number of hydrogen-bond donors (Lipinski definition) is 0. The normalized spacial score (nSPS) is 11.9. The summed E-state index contributed by atoms with van der Waals surface area (Å²) in [5.74, 6) is -1.28. The maximum absolute atomic E-state index is 13.1. The fourth-order valence-electron chi connectivity index (χ4n) is 1.86. The van der Waals surface area contributed by atoms with Crippen LogP contribution in [-0.2, 0) is 0 Å². The SMILES string of the molecule is CC(c1ccc(C#N)cc1)c1cc(F)cc(F)c1. The van der Waals surface area contributed by atoms with Crippen LogP contribution in [0.25, 0.3) is 0 Å². The highest BCUT2D eigenvalue weighted by Gasteiger charge is 2.11. The molecule has 0 heterocycles. The van der Waals surface area contributed by atoms with Gasteiger partial charge < -0.3 is 0 Å². The van der Waals surface area contributed by atoms with Gasteiger partial charge in [-0.25, -0.2) is 8.78 Å². The molecular formula is C15H11F2N. The van der Waals surface area contributed by atoms with Crippen LogP contribution in [-0.4, -0.2) is 0 Å². The Morgan fingerprint density at radius 3 is 2.00 bits per heavy atom. The van der Waals surface area contributed by atoms with Gasteiger partial charge in [-0.15, -0.1) is 0 Å². The predicted molar refractivity (Wildman–Crippen MR) is 65.0 cm³/mol. The first-order valence-electron chi connectivity index (χ1n) is 5.56. The second-order valence-corrected chi connectivity index (χ2v) is 4.16. The van der Waals surface area contributed by atoms with E-state index in [2.05, 4.69) is 0 Å². The summed E-state index contributed by atoms with van der Waals surface area (Å²) in [7, 11) is 0. The molecule has 0 aliphatic carbocycles. The van der Waals surface area contributed by atoms with Gasteiger partial charge in [0.2, 0.25) is 0 Å². The topological polar surface area (TPSA) is 23.8 Å². The Bertz CT molecular complexity index is 577. The molecule has 0 spiro atoms. The zero-order valence-electron chi connectivity index (χ0n) is 9.82. The van der Waals surface area contributed by atoms with E-state index < -0.39 is 11.6 Å². The Hall–Kier alpha value is -2.21. The van der Waals surface area contributed by atoms with E-state index in [4.69, 9.17) is 5.26 Å². The van der Waals surface area contributed by atoms with Crippen LogP contribution in [0.4, 0.5) is 8.78 Å². The highest BCUT2D eigenvalue weighted by Crippen LogP contribution is 2.25. The first kappa shape index (κ1) is 12.3. The Morgan fingerprint density at radius 2 is 1.50 bits per heavy atom. The third-order valence-corrected chi connectivity index (χ3v) is 2.92. The first-order chi connectivity index (χ1) is 8.60. The van der Waals surface area contributed by atoms with Crippen molar-refractivity contribution in [2.24, 2.45) is 0 Å². The molecule has 1 atom stereocenters. The van der Waals surface area contributed by atoms with E-state index in [1.807, 2.05) is 13.0 Å². The number of benzene rings is 2. The van der Waals surface area contributed by atoms with Crippen LogP contribution in [0, 0.1) is 23.0 Å². The molecule has 0 N–H and O–H groups in total. The van der Waals surface area contributed by atoms with Gasteiger partial charge in [0.25, 0.3) is 0 Å². The van der Waals surface area contributed by atoms with Crippen molar-refractivity contribution in [3.63, 3.8) is 0 Å². The number of halogens is 2. The van der Waals surface area contributed by atoms with Crippen LogP contribution in [0.3, 0.4) is 0 Å². The molecular weight excluding hydrogens is 232 g/mol. The molecule has 18 heavy (non-hydrogen) atoms. The maximum Gasteiger partial charge on any atom is 0.126 e. The van der Waals surface area contributed by atoms with E-state index in [0.29, 0.717) is 11.1 Å².